The van der Waals surface area contributed by atoms with Gasteiger partial charge in [-0.15, -0.1) is 0 Å². The Labute approximate surface area is 89.6 Å². The molecule has 1 rings (SSSR count). The van der Waals surface area contributed by atoms with Crippen molar-refractivity contribution in [2.24, 2.45) is 11.7 Å². The van der Waals surface area contributed by atoms with Crippen LogP contribution in [0.5, 0.6) is 0 Å². The van der Waals surface area contributed by atoms with Gasteiger partial charge in [0.1, 0.15) is 6.61 Å². The van der Waals surface area contributed by atoms with E-state index < -0.39 is 5.91 Å². The highest BCUT2D eigenvalue weighted by Crippen LogP contribution is 2.17. The van der Waals surface area contributed by atoms with Gasteiger partial charge in [0.25, 0.3) is 0 Å². The zero-order valence-corrected chi connectivity index (χ0v) is 9.07. The Hall–Kier alpha value is -1.10. The topological polar surface area (TPSA) is 72.6 Å². The summed E-state index contributed by atoms with van der Waals surface area (Å²) in [6, 6.07) is 0. The number of nitrogens with zero attached hydrogens (tertiary/aromatic N) is 1. The lowest BCUT2D eigenvalue weighted by Crippen LogP contribution is -2.38. The number of nitrogens with two attached hydrogens (primary N) is 1. The summed E-state index contributed by atoms with van der Waals surface area (Å²) in [4.78, 5) is 23.3. The van der Waals surface area contributed by atoms with Gasteiger partial charge in [-0.1, -0.05) is 0 Å². The molecule has 1 aliphatic heterocycles. The summed E-state index contributed by atoms with van der Waals surface area (Å²) in [7, 11) is 0. The molecule has 0 bridgehead atoms. The van der Waals surface area contributed by atoms with E-state index in [2.05, 4.69) is 0 Å². The van der Waals surface area contributed by atoms with Crippen LogP contribution in [-0.2, 0) is 14.3 Å². The van der Waals surface area contributed by atoms with E-state index in [0.29, 0.717) is 12.5 Å². The Morgan fingerprint density at radius 1 is 1.40 bits per heavy atom. The second-order valence-electron chi connectivity index (χ2n) is 3.93. The number of primary amides is 1. The highest BCUT2D eigenvalue weighted by atomic mass is 16.5. The van der Waals surface area contributed by atoms with Crippen LogP contribution in [0.15, 0.2) is 0 Å². The van der Waals surface area contributed by atoms with Gasteiger partial charge >= 0.3 is 0 Å². The van der Waals surface area contributed by atoms with Crippen molar-refractivity contribution in [2.75, 3.05) is 26.3 Å². The number of likely N-dealkylation sites (tertiary alicyclic amines) is 1. The molecule has 1 heterocycles. The molecule has 86 valence electrons. The number of ether oxygens (including phenoxy) is 1. The number of carbonyl (C=O) groups is 2. The third-order valence-corrected chi connectivity index (χ3v) is 2.66. The molecule has 2 N–H and O–H groups in total. The molecule has 0 spiro atoms. The number of hydrogen-bond acceptors (Lipinski definition) is 3. The minimum absolute atomic E-state index is 0.00702. The lowest BCUT2D eigenvalue weighted by atomic mass is 9.98. The van der Waals surface area contributed by atoms with Crippen molar-refractivity contribution in [2.45, 2.75) is 19.8 Å². The molecule has 0 aromatic carbocycles. The summed E-state index contributed by atoms with van der Waals surface area (Å²) in [6.07, 6.45) is 1.89. The largest absolute Gasteiger partial charge is 0.371 e. The highest BCUT2D eigenvalue weighted by molar-refractivity contribution is 5.75. The highest BCUT2D eigenvalue weighted by Gasteiger charge is 2.20. The van der Waals surface area contributed by atoms with E-state index in [9.17, 15) is 9.59 Å². The second-order valence-corrected chi connectivity index (χ2v) is 3.93. The molecule has 0 atom stereocenters. The minimum Gasteiger partial charge on any atom is -0.371 e. The maximum absolute atomic E-state index is 11.0. The van der Waals surface area contributed by atoms with Crippen molar-refractivity contribution in [1.82, 2.24) is 4.90 Å². The van der Waals surface area contributed by atoms with Crippen LogP contribution in [0.1, 0.15) is 19.8 Å². The van der Waals surface area contributed by atoms with Crippen LogP contribution in [0.2, 0.25) is 0 Å². The quantitative estimate of drug-likeness (QED) is 0.701. The number of piperidine rings is 1. The standard InChI is InChI=1S/C10H18N2O3/c1-8(13)12-4-2-9(3-5-12)6-15-7-10(11)14/h9H,2-7H2,1H3,(H2,11,14). The maximum atomic E-state index is 11.0. The van der Waals surface area contributed by atoms with Crippen LogP contribution in [-0.4, -0.2) is 43.0 Å². The van der Waals surface area contributed by atoms with Crippen LogP contribution < -0.4 is 5.73 Å². The van der Waals surface area contributed by atoms with Crippen LogP contribution in [0.4, 0.5) is 0 Å². The van der Waals surface area contributed by atoms with E-state index in [4.69, 9.17) is 10.5 Å². The van der Waals surface area contributed by atoms with Crippen molar-refractivity contribution in [3.8, 4) is 0 Å². The molecule has 1 aliphatic rings. The van der Waals surface area contributed by atoms with Gasteiger partial charge in [0.2, 0.25) is 11.8 Å². The molecule has 0 aromatic heterocycles. The Morgan fingerprint density at radius 2 is 2.00 bits per heavy atom. The first-order valence-corrected chi connectivity index (χ1v) is 5.21. The van der Waals surface area contributed by atoms with Gasteiger partial charge in [-0.2, -0.15) is 0 Å². The van der Waals surface area contributed by atoms with E-state index in [0.717, 1.165) is 25.9 Å². The van der Waals surface area contributed by atoms with Gasteiger partial charge in [-0.3, -0.25) is 9.59 Å². The number of amides is 2. The first-order chi connectivity index (χ1) is 7.09. The van der Waals surface area contributed by atoms with E-state index in [1.807, 2.05) is 4.90 Å². The first kappa shape index (κ1) is 12.0. The van der Waals surface area contributed by atoms with E-state index in [1.165, 1.54) is 0 Å². The van der Waals surface area contributed by atoms with Crippen molar-refractivity contribution < 1.29 is 14.3 Å². The summed E-state index contributed by atoms with van der Waals surface area (Å²) in [5.41, 5.74) is 4.95. The van der Waals surface area contributed by atoms with Crippen molar-refractivity contribution in [1.29, 1.82) is 0 Å². The molecule has 1 fully saturated rings. The lowest BCUT2D eigenvalue weighted by Gasteiger charge is -2.30. The SMILES string of the molecule is CC(=O)N1CCC(COCC(N)=O)CC1. The summed E-state index contributed by atoms with van der Waals surface area (Å²) < 4.78 is 5.15. The Kier molecular flexibility index (Phi) is 4.55. The molecule has 5 nitrogen and oxygen atoms in total. The first-order valence-electron chi connectivity index (χ1n) is 5.21. The Bertz CT molecular complexity index is 232. The molecule has 15 heavy (non-hydrogen) atoms. The third kappa shape index (κ3) is 4.29. The molecule has 0 radical (unpaired) electrons. The zero-order valence-electron chi connectivity index (χ0n) is 9.07. The van der Waals surface area contributed by atoms with Gasteiger partial charge in [0, 0.05) is 20.0 Å². The zero-order chi connectivity index (χ0) is 11.3. The fourth-order valence-corrected chi connectivity index (χ4v) is 1.74. The number of carbonyl (C=O) groups excluding carboxylic acids is 2. The fourth-order valence-electron chi connectivity index (χ4n) is 1.74. The predicted octanol–water partition coefficient (Wildman–Crippen LogP) is -0.253. The number of hydrogen-bond donors (Lipinski definition) is 1. The van der Waals surface area contributed by atoms with Gasteiger partial charge in [0.05, 0.1) is 6.61 Å². The molecule has 5 heteroatoms. The van der Waals surface area contributed by atoms with Gasteiger partial charge in [0.15, 0.2) is 0 Å². The molecule has 0 aromatic rings. The van der Waals surface area contributed by atoms with Crippen LogP contribution in [0, 0.1) is 5.92 Å². The maximum Gasteiger partial charge on any atom is 0.243 e. The van der Waals surface area contributed by atoms with E-state index >= 15 is 0 Å². The van der Waals surface area contributed by atoms with Gasteiger partial charge in [-0.05, 0) is 18.8 Å². The van der Waals surface area contributed by atoms with Gasteiger partial charge in [-0.25, -0.2) is 0 Å². The third-order valence-electron chi connectivity index (χ3n) is 2.66. The van der Waals surface area contributed by atoms with Crippen molar-refractivity contribution in [3.63, 3.8) is 0 Å². The normalized spacial score (nSPS) is 17.8. The van der Waals surface area contributed by atoms with Crippen molar-refractivity contribution >= 4 is 11.8 Å². The molecule has 0 saturated carbocycles. The fraction of sp³-hybridized carbons (Fsp3) is 0.800. The minimum atomic E-state index is -0.434. The van der Waals surface area contributed by atoms with Gasteiger partial charge < -0.3 is 15.4 Å². The second kappa shape index (κ2) is 5.70. The average Bonchev–Trinajstić information content (AvgIpc) is 2.18. The molecule has 0 aliphatic carbocycles. The monoisotopic (exact) mass is 214 g/mol. The molecular weight excluding hydrogens is 196 g/mol. The lowest BCUT2D eigenvalue weighted by molar-refractivity contribution is -0.130. The predicted molar refractivity (Wildman–Crippen MR) is 55.0 cm³/mol. The summed E-state index contributed by atoms with van der Waals surface area (Å²) in [5.74, 6) is 0.141. The smallest absolute Gasteiger partial charge is 0.243 e. The molecular formula is C10H18N2O3. The molecule has 1 saturated heterocycles. The Morgan fingerprint density at radius 3 is 2.47 bits per heavy atom. The van der Waals surface area contributed by atoms with Crippen LogP contribution >= 0.6 is 0 Å². The van der Waals surface area contributed by atoms with E-state index in [-0.39, 0.29) is 12.5 Å². The van der Waals surface area contributed by atoms with E-state index in [1.54, 1.807) is 6.92 Å². The molecule has 2 amide bonds. The summed E-state index contributed by atoms with van der Waals surface area (Å²) in [5, 5.41) is 0. The van der Waals surface area contributed by atoms with Crippen LogP contribution in [0.25, 0.3) is 0 Å². The van der Waals surface area contributed by atoms with Crippen LogP contribution in [0.3, 0.4) is 0 Å². The average molecular weight is 214 g/mol. The van der Waals surface area contributed by atoms with Crippen molar-refractivity contribution in [3.05, 3.63) is 0 Å². The molecule has 0 unspecified atom stereocenters. The number of rotatable bonds is 4. The Balaban J connectivity index is 2.14. The summed E-state index contributed by atoms with van der Waals surface area (Å²) >= 11 is 0. The summed E-state index contributed by atoms with van der Waals surface area (Å²) in [6.45, 7) is 3.73.